The molecule has 1 aromatic heterocycles. The van der Waals surface area contributed by atoms with Crippen molar-refractivity contribution in [2.24, 2.45) is 0 Å². The molecular weight excluding hydrogens is 272 g/mol. The van der Waals surface area contributed by atoms with Crippen molar-refractivity contribution in [1.82, 2.24) is 9.88 Å². The van der Waals surface area contributed by atoms with E-state index in [2.05, 4.69) is 23.0 Å². The fraction of sp³-hybridized carbons (Fsp3) is 0.438. The van der Waals surface area contributed by atoms with Gasteiger partial charge in [0, 0.05) is 29.6 Å². The lowest BCUT2D eigenvalue weighted by molar-refractivity contribution is 0.152. The highest BCUT2D eigenvalue weighted by Gasteiger charge is 2.22. The van der Waals surface area contributed by atoms with Gasteiger partial charge in [0.05, 0.1) is 12.6 Å². The van der Waals surface area contributed by atoms with Gasteiger partial charge in [-0.1, -0.05) is 18.0 Å². The van der Waals surface area contributed by atoms with Gasteiger partial charge in [0.15, 0.2) is 0 Å². The van der Waals surface area contributed by atoms with Crippen molar-refractivity contribution >= 4 is 22.5 Å². The number of rotatable bonds is 4. The molecule has 106 valence electrons. The number of hydrogen-bond donors (Lipinski definition) is 0. The number of aromatic nitrogens is 1. The van der Waals surface area contributed by atoms with Gasteiger partial charge in [0.25, 0.3) is 0 Å². The van der Waals surface area contributed by atoms with Gasteiger partial charge in [-0.2, -0.15) is 0 Å². The van der Waals surface area contributed by atoms with E-state index in [0.29, 0.717) is 11.2 Å². The SMILES string of the molecule is COc1ccc2cc(CN(C)C3CCC3)c(Cl)nc2c1. The van der Waals surface area contributed by atoms with E-state index in [9.17, 15) is 0 Å². The number of benzene rings is 1. The van der Waals surface area contributed by atoms with Crippen molar-refractivity contribution in [1.29, 1.82) is 0 Å². The molecule has 1 aromatic carbocycles. The highest BCUT2D eigenvalue weighted by Crippen LogP contribution is 2.28. The van der Waals surface area contributed by atoms with E-state index in [1.807, 2.05) is 18.2 Å². The minimum absolute atomic E-state index is 0.594. The van der Waals surface area contributed by atoms with Crippen molar-refractivity contribution in [2.45, 2.75) is 31.8 Å². The van der Waals surface area contributed by atoms with E-state index in [0.717, 1.165) is 28.8 Å². The zero-order chi connectivity index (χ0) is 14.1. The number of methoxy groups -OCH3 is 1. The molecule has 3 nitrogen and oxygen atoms in total. The number of fused-ring (bicyclic) bond motifs is 1. The molecule has 2 aromatic rings. The van der Waals surface area contributed by atoms with Crippen LogP contribution in [0.3, 0.4) is 0 Å². The Morgan fingerprint density at radius 2 is 2.15 bits per heavy atom. The molecule has 0 radical (unpaired) electrons. The predicted molar refractivity (Wildman–Crippen MR) is 82.4 cm³/mol. The van der Waals surface area contributed by atoms with Gasteiger partial charge in [-0.25, -0.2) is 4.98 Å². The molecule has 1 saturated carbocycles. The van der Waals surface area contributed by atoms with E-state index >= 15 is 0 Å². The average Bonchev–Trinajstić information content (AvgIpc) is 2.37. The molecule has 1 heterocycles. The molecule has 4 heteroatoms. The van der Waals surface area contributed by atoms with E-state index < -0.39 is 0 Å². The molecule has 0 bridgehead atoms. The zero-order valence-electron chi connectivity index (χ0n) is 11.9. The third kappa shape index (κ3) is 2.60. The van der Waals surface area contributed by atoms with Gasteiger partial charge in [-0.05, 0) is 38.1 Å². The summed E-state index contributed by atoms with van der Waals surface area (Å²) in [5.41, 5.74) is 1.98. The first kappa shape index (κ1) is 13.7. The molecule has 0 unspecified atom stereocenters. The number of halogens is 1. The highest BCUT2D eigenvalue weighted by molar-refractivity contribution is 6.30. The maximum atomic E-state index is 6.33. The van der Waals surface area contributed by atoms with Crippen molar-refractivity contribution < 1.29 is 4.74 Å². The topological polar surface area (TPSA) is 25.4 Å². The van der Waals surface area contributed by atoms with Crippen LogP contribution in [-0.4, -0.2) is 30.1 Å². The summed E-state index contributed by atoms with van der Waals surface area (Å²) in [6, 6.07) is 8.75. The first-order valence-corrected chi connectivity index (χ1v) is 7.38. The van der Waals surface area contributed by atoms with Crippen LogP contribution in [0, 0.1) is 0 Å². The molecule has 1 aliphatic rings. The number of ether oxygens (including phenoxy) is 1. The van der Waals surface area contributed by atoms with E-state index in [4.69, 9.17) is 16.3 Å². The Morgan fingerprint density at radius 1 is 1.35 bits per heavy atom. The van der Waals surface area contributed by atoms with E-state index in [1.54, 1.807) is 7.11 Å². The Labute approximate surface area is 124 Å². The monoisotopic (exact) mass is 290 g/mol. The molecule has 1 fully saturated rings. The molecule has 0 amide bonds. The van der Waals surface area contributed by atoms with E-state index in [-0.39, 0.29) is 0 Å². The predicted octanol–water partition coefficient (Wildman–Crippen LogP) is 3.88. The molecule has 0 spiro atoms. The fourth-order valence-corrected chi connectivity index (χ4v) is 2.84. The van der Waals surface area contributed by atoms with Gasteiger partial charge in [-0.15, -0.1) is 0 Å². The Hall–Kier alpha value is -1.32. The summed E-state index contributed by atoms with van der Waals surface area (Å²) in [6.07, 6.45) is 3.94. The second-order valence-electron chi connectivity index (χ2n) is 5.50. The third-order valence-electron chi connectivity index (χ3n) is 4.17. The van der Waals surface area contributed by atoms with Crippen LogP contribution in [0.2, 0.25) is 5.15 Å². The largest absolute Gasteiger partial charge is 0.497 e. The smallest absolute Gasteiger partial charge is 0.134 e. The number of pyridine rings is 1. The van der Waals surface area contributed by atoms with Crippen LogP contribution in [0.4, 0.5) is 0 Å². The van der Waals surface area contributed by atoms with Gasteiger partial charge >= 0.3 is 0 Å². The average molecular weight is 291 g/mol. The first-order chi connectivity index (χ1) is 9.67. The van der Waals surface area contributed by atoms with Gasteiger partial charge in [0.2, 0.25) is 0 Å². The van der Waals surface area contributed by atoms with Crippen molar-refractivity contribution in [2.75, 3.05) is 14.2 Å². The summed E-state index contributed by atoms with van der Waals surface area (Å²) in [5, 5.41) is 1.70. The van der Waals surface area contributed by atoms with Crippen molar-refractivity contribution in [3.63, 3.8) is 0 Å². The quantitative estimate of drug-likeness (QED) is 0.799. The molecule has 3 rings (SSSR count). The maximum absolute atomic E-state index is 6.33. The van der Waals surface area contributed by atoms with Crippen molar-refractivity contribution in [3.8, 4) is 5.75 Å². The molecule has 0 aliphatic heterocycles. The van der Waals surface area contributed by atoms with Crippen LogP contribution in [0.15, 0.2) is 24.3 Å². The number of nitrogens with zero attached hydrogens (tertiary/aromatic N) is 2. The molecule has 0 atom stereocenters. The summed E-state index contributed by atoms with van der Waals surface area (Å²) in [6.45, 7) is 0.860. The molecule has 0 N–H and O–H groups in total. The van der Waals surface area contributed by atoms with Crippen LogP contribution >= 0.6 is 11.6 Å². The summed E-state index contributed by atoms with van der Waals surface area (Å²) >= 11 is 6.33. The Morgan fingerprint density at radius 3 is 2.80 bits per heavy atom. The van der Waals surface area contributed by atoms with Gasteiger partial charge in [0.1, 0.15) is 10.9 Å². The Kier molecular flexibility index (Phi) is 3.81. The van der Waals surface area contributed by atoms with Gasteiger partial charge < -0.3 is 4.74 Å². The van der Waals surface area contributed by atoms with Crippen LogP contribution in [0.5, 0.6) is 5.75 Å². The lowest BCUT2D eigenvalue weighted by atomic mass is 9.91. The zero-order valence-corrected chi connectivity index (χ0v) is 12.7. The number of hydrogen-bond acceptors (Lipinski definition) is 3. The standard InChI is InChI=1S/C16H19ClN2O/c1-19(13-4-3-5-13)10-12-8-11-6-7-14(20-2)9-15(11)18-16(12)17/h6-9,13H,3-5,10H2,1-2H3. The lowest BCUT2D eigenvalue weighted by Gasteiger charge is -2.34. The molecule has 1 aliphatic carbocycles. The molecular formula is C16H19ClN2O. The minimum Gasteiger partial charge on any atom is -0.497 e. The first-order valence-electron chi connectivity index (χ1n) is 7.01. The summed E-state index contributed by atoms with van der Waals surface area (Å²) in [4.78, 5) is 6.88. The normalized spacial score (nSPS) is 15.6. The fourth-order valence-electron chi connectivity index (χ4n) is 2.63. The van der Waals surface area contributed by atoms with Crippen LogP contribution in [0.1, 0.15) is 24.8 Å². The summed E-state index contributed by atoms with van der Waals surface area (Å²) in [5.74, 6) is 0.806. The third-order valence-corrected chi connectivity index (χ3v) is 4.50. The Bertz CT molecular complexity index is 625. The molecule has 0 saturated heterocycles. The summed E-state index contributed by atoms with van der Waals surface area (Å²) < 4.78 is 5.22. The Balaban J connectivity index is 1.89. The minimum atomic E-state index is 0.594. The second-order valence-corrected chi connectivity index (χ2v) is 5.85. The highest BCUT2D eigenvalue weighted by atomic mass is 35.5. The van der Waals surface area contributed by atoms with Crippen molar-refractivity contribution in [3.05, 3.63) is 35.0 Å². The molecule has 20 heavy (non-hydrogen) atoms. The van der Waals surface area contributed by atoms with Crippen LogP contribution in [-0.2, 0) is 6.54 Å². The summed E-state index contributed by atoms with van der Waals surface area (Å²) in [7, 11) is 3.82. The lowest BCUT2D eigenvalue weighted by Crippen LogP contribution is -2.36. The van der Waals surface area contributed by atoms with Gasteiger partial charge in [-0.3, -0.25) is 4.90 Å². The van der Waals surface area contributed by atoms with Crippen LogP contribution < -0.4 is 4.74 Å². The second kappa shape index (κ2) is 5.58. The maximum Gasteiger partial charge on any atom is 0.134 e. The van der Waals surface area contributed by atoms with Crippen LogP contribution in [0.25, 0.3) is 10.9 Å². The van der Waals surface area contributed by atoms with E-state index in [1.165, 1.54) is 19.3 Å².